The quantitative estimate of drug-likeness (QED) is 0.790. The van der Waals surface area contributed by atoms with Gasteiger partial charge in [0.05, 0.1) is 18.7 Å². The number of hydrogen-bond donors (Lipinski definition) is 3. The third-order valence-corrected chi connectivity index (χ3v) is 4.57. The van der Waals surface area contributed by atoms with Gasteiger partial charge in [0.25, 0.3) is 0 Å². The van der Waals surface area contributed by atoms with Crippen molar-refractivity contribution in [2.45, 2.75) is 32.9 Å². The van der Waals surface area contributed by atoms with Gasteiger partial charge in [-0.2, -0.15) is 0 Å². The van der Waals surface area contributed by atoms with Crippen LogP contribution in [0.5, 0.6) is 0 Å². The van der Waals surface area contributed by atoms with E-state index in [1.165, 1.54) is 9.75 Å². The lowest BCUT2D eigenvalue weighted by Gasteiger charge is -2.20. The molecule has 0 bridgehead atoms. The lowest BCUT2D eigenvalue weighted by molar-refractivity contribution is 0.214. The van der Waals surface area contributed by atoms with Gasteiger partial charge in [0.1, 0.15) is 0 Å². The molecule has 3 N–H and O–H groups in total. The molecule has 0 aliphatic heterocycles. The summed E-state index contributed by atoms with van der Waals surface area (Å²) in [4.78, 5) is 14.6. The maximum absolute atomic E-state index is 12.2. The van der Waals surface area contributed by atoms with Gasteiger partial charge in [-0.05, 0) is 38.0 Å². The number of aliphatic hydroxyl groups excluding tert-OH is 1. The fraction of sp³-hybridized carbons (Fsp3) is 0.353. The van der Waals surface area contributed by atoms with Crippen LogP contribution in [0, 0.1) is 13.8 Å². The number of urea groups is 1. The Labute approximate surface area is 135 Å². The molecule has 4 nitrogen and oxygen atoms in total. The van der Waals surface area contributed by atoms with Gasteiger partial charge >= 0.3 is 6.03 Å². The van der Waals surface area contributed by atoms with Crippen LogP contribution < -0.4 is 10.6 Å². The molecule has 0 aliphatic rings. The van der Waals surface area contributed by atoms with Crippen molar-refractivity contribution in [1.29, 1.82) is 0 Å². The number of thiophene rings is 1. The van der Waals surface area contributed by atoms with Crippen molar-refractivity contribution in [1.82, 2.24) is 10.6 Å². The molecule has 0 saturated carbocycles. The minimum atomic E-state index is -0.404. The van der Waals surface area contributed by atoms with Crippen LogP contribution in [0.2, 0.25) is 0 Å². The Bertz CT molecular complexity index is 625. The number of amides is 2. The second-order valence-electron chi connectivity index (χ2n) is 5.35. The first kappa shape index (κ1) is 16.5. The van der Waals surface area contributed by atoms with Crippen LogP contribution in [0.15, 0.2) is 36.4 Å². The van der Waals surface area contributed by atoms with Gasteiger partial charge in [-0.1, -0.05) is 30.3 Å². The number of hydrogen-bond acceptors (Lipinski definition) is 3. The zero-order chi connectivity index (χ0) is 16.1. The molecule has 1 aromatic heterocycles. The first-order valence-corrected chi connectivity index (χ1v) is 8.12. The first-order valence-electron chi connectivity index (χ1n) is 7.31. The largest absolute Gasteiger partial charge is 0.394 e. The monoisotopic (exact) mass is 318 g/mol. The second kappa shape index (κ2) is 7.42. The zero-order valence-corrected chi connectivity index (χ0v) is 13.9. The average molecular weight is 318 g/mol. The lowest BCUT2D eigenvalue weighted by atomic mass is 10.1. The second-order valence-corrected chi connectivity index (χ2v) is 6.81. The zero-order valence-electron chi connectivity index (χ0n) is 13.1. The SMILES string of the molecule is Cc1cc(C(C)NC(=O)NC(CO)c2ccccc2)c(C)s1. The van der Waals surface area contributed by atoms with Crippen molar-refractivity contribution < 1.29 is 9.90 Å². The molecule has 5 heteroatoms. The van der Waals surface area contributed by atoms with Gasteiger partial charge in [0, 0.05) is 9.75 Å². The fourth-order valence-corrected chi connectivity index (χ4v) is 3.50. The van der Waals surface area contributed by atoms with Crippen LogP contribution in [-0.4, -0.2) is 17.7 Å². The Morgan fingerprint density at radius 2 is 1.91 bits per heavy atom. The topological polar surface area (TPSA) is 61.4 Å². The number of aliphatic hydroxyl groups is 1. The molecule has 1 heterocycles. The van der Waals surface area contributed by atoms with E-state index in [-0.39, 0.29) is 18.7 Å². The summed E-state index contributed by atoms with van der Waals surface area (Å²) in [5, 5.41) is 15.2. The molecule has 2 amide bonds. The van der Waals surface area contributed by atoms with Gasteiger partial charge in [-0.3, -0.25) is 0 Å². The molecule has 1 aromatic carbocycles. The Hall–Kier alpha value is -1.85. The van der Waals surface area contributed by atoms with Gasteiger partial charge in [0.2, 0.25) is 0 Å². The molecule has 2 unspecified atom stereocenters. The predicted octanol–water partition coefficient (Wildman–Crippen LogP) is 3.46. The normalized spacial score (nSPS) is 13.5. The summed E-state index contributed by atoms with van der Waals surface area (Å²) in [6.45, 7) is 5.95. The van der Waals surface area contributed by atoms with E-state index in [0.29, 0.717) is 0 Å². The van der Waals surface area contributed by atoms with Crippen LogP contribution >= 0.6 is 11.3 Å². The van der Waals surface area contributed by atoms with E-state index in [0.717, 1.165) is 11.1 Å². The summed E-state index contributed by atoms with van der Waals surface area (Å²) in [6.07, 6.45) is 0. The maximum atomic E-state index is 12.2. The highest BCUT2D eigenvalue weighted by Gasteiger charge is 2.17. The average Bonchev–Trinajstić information content (AvgIpc) is 2.84. The number of nitrogens with one attached hydrogen (secondary N) is 2. The maximum Gasteiger partial charge on any atom is 0.315 e. The molecule has 2 atom stereocenters. The standard InChI is InChI=1S/C17H22N2O2S/c1-11-9-15(13(3)22-11)12(2)18-17(21)19-16(10-20)14-7-5-4-6-8-14/h4-9,12,16,20H,10H2,1-3H3,(H2,18,19,21). The summed E-state index contributed by atoms with van der Waals surface area (Å²) >= 11 is 1.73. The van der Waals surface area contributed by atoms with Crippen molar-refractivity contribution in [3.8, 4) is 0 Å². The molecule has 118 valence electrons. The van der Waals surface area contributed by atoms with Gasteiger partial charge in [-0.15, -0.1) is 11.3 Å². The van der Waals surface area contributed by atoms with Crippen LogP contribution in [0.25, 0.3) is 0 Å². The van der Waals surface area contributed by atoms with Crippen molar-refractivity contribution in [2.24, 2.45) is 0 Å². The first-order chi connectivity index (χ1) is 10.5. The number of benzene rings is 1. The van der Waals surface area contributed by atoms with E-state index in [2.05, 4.69) is 30.5 Å². The molecule has 0 aliphatic carbocycles. The minimum absolute atomic E-state index is 0.0694. The molecule has 2 aromatic rings. The van der Waals surface area contributed by atoms with E-state index in [9.17, 15) is 9.90 Å². The van der Waals surface area contributed by atoms with Crippen LogP contribution in [0.4, 0.5) is 4.79 Å². The highest BCUT2D eigenvalue weighted by molar-refractivity contribution is 7.12. The van der Waals surface area contributed by atoms with Gasteiger partial charge in [0.15, 0.2) is 0 Å². The van der Waals surface area contributed by atoms with Crippen LogP contribution in [0.3, 0.4) is 0 Å². The Kier molecular flexibility index (Phi) is 5.57. The Morgan fingerprint density at radius 3 is 2.45 bits per heavy atom. The number of aryl methyl sites for hydroxylation is 2. The number of carbonyl (C=O) groups excluding carboxylic acids is 1. The summed E-state index contributed by atoms with van der Waals surface area (Å²) in [5.74, 6) is 0. The predicted molar refractivity (Wildman–Crippen MR) is 90.1 cm³/mol. The molecule has 22 heavy (non-hydrogen) atoms. The Morgan fingerprint density at radius 1 is 1.23 bits per heavy atom. The third-order valence-electron chi connectivity index (χ3n) is 3.58. The van der Waals surface area contributed by atoms with Crippen molar-refractivity contribution in [3.05, 3.63) is 57.3 Å². The summed E-state index contributed by atoms with van der Waals surface area (Å²) in [7, 11) is 0. The number of carbonyl (C=O) groups is 1. The van der Waals surface area contributed by atoms with Crippen LogP contribution in [-0.2, 0) is 0 Å². The highest BCUT2D eigenvalue weighted by atomic mass is 32.1. The summed E-state index contributed by atoms with van der Waals surface area (Å²) < 4.78 is 0. The van der Waals surface area contributed by atoms with Crippen molar-refractivity contribution in [2.75, 3.05) is 6.61 Å². The summed E-state index contributed by atoms with van der Waals surface area (Å²) in [5.41, 5.74) is 2.02. The van der Waals surface area contributed by atoms with E-state index in [1.807, 2.05) is 37.3 Å². The van der Waals surface area contributed by atoms with E-state index in [1.54, 1.807) is 11.3 Å². The van der Waals surface area contributed by atoms with Crippen molar-refractivity contribution in [3.63, 3.8) is 0 Å². The van der Waals surface area contributed by atoms with E-state index in [4.69, 9.17) is 0 Å². The molecule has 0 radical (unpaired) electrons. The van der Waals surface area contributed by atoms with Crippen molar-refractivity contribution >= 4 is 17.4 Å². The highest BCUT2D eigenvalue weighted by Crippen LogP contribution is 2.26. The number of rotatable bonds is 5. The minimum Gasteiger partial charge on any atom is -0.394 e. The third kappa shape index (κ3) is 4.08. The summed E-state index contributed by atoms with van der Waals surface area (Å²) in [6, 6.07) is 10.8. The Balaban J connectivity index is 1.98. The molecule has 0 spiro atoms. The lowest BCUT2D eigenvalue weighted by Crippen LogP contribution is -2.40. The van der Waals surface area contributed by atoms with Gasteiger partial charge in [-0.25, -0.2) is 4.79 Å². The van der Waals surface area contributed by atoms with E-state index < -0.39 is 6.04 Å². The fourth-order valence-electron chi connectivity index (χ4n) is 2.47. The van der Waals surface area contributed by atoms with Crippen LogP contribution in [0.1, 0.15) is 39.9 Å². The molecular formula is C17H22N2O2S. The molecule has 2 rings (SSSR count). The smallest absolute Gasteiger partial charge is 0.315 e. The van der Waals surface area contributed by atoms with Gasteiger partial charge < -0.3 is 15.7 Å². The van der Waals surface area contributed by atoms with E-state index >= 15 is 0 Å². The molecule has 0 saturated heterocycles. The molecular weight excluding hydrogens is 296 g/mol. The molecule has 0 fully saturated rings.